The fourth-order valence-electron chi connectivity index (χ4n) is 2.88. The Balaban J connectivity index is 2.40. The maximum Gasteiger partial charge on any atom is 0.0258 e. The molecule has 108 valence electrons. The molecule has 0 aromatic rings. The van der Waals surface area contributed by atoms with Gasteiger partial charge in [-0.1, -0.05) is 68.1 Å². The zero-order valence-corrected chi connectivity index (χ0v) is 16.9. The fraction of sp³-hybridized carbons (Fsp3) is 1.00. The number of hydrogen-bond acceptors (Lipinski definition) is 0. The van der Waals surface area contributed by atoms with E-state index in [1.165, 1.54) is 44.9 Å². The lowest BCUT2D eigenvalue weighted by Crippen LogP contribution is -2.35. The third-order valence-corrected chi connectivity index (χ3v) is 6.55. The summed E-state index contributed by atoms with van der Waals surface area (Å²) in [6.07, 6.45) is 9.14. The van der Waals surface area contributed by atoms with Crippen LogP contribution in [0.2, 0.25) is 0 Å². The molecule has 1 rings (SSSR count). The van der Waals surface area contributed by atoms with Crippen molar-refractivity contribution in [1.29, 1.82) is 0 Å². The second-order valence-corrected chi connectivity index (χ2v) is 12.9. The van der Waals surface area contributed by atoms with Gasteiger partial charge < -0.3 is 0 Å². The molecule has 0 aliphatic heterocycles. The summed E-state index contributed by atoms with van der Waals surface area (Å²) in [5, 5.41) is 0. The lowest BCUT2D eigenvalue weighted by Gasteiger charge is -2.40. The number of halogens is 3. The molecule has 0 amide bonds. The second kappa shape index (κ2) is 6.47. The molecule has 1 atom stereocenters. The van der Waals surface area contributed by atoms with Gasteiger partial charge in [-0.25, -0.2) is 0 Å². The molecule has 0 spiro atoms. The summed E-state index contributed by atoms with van der Waals surface area (Å²) in [6, 6.07) is 0. The summed E-state index contributed by atoms with van der Waals surface area (Å²) in [6.45, 7) is 9.25. The monoisotopic (exact) mass is 444 g/mol. The van der Waals surface area contributed by atoms with Crippen LogP contribution in [0.1, 0.15) is 72.6 Å². The van der Waals surface area contributed by atoms with Crippen molar-refractivity contribution in [3.05, 3.63) is 0 Å². The van der Waals surface area contributed by atoms with Crippen LogP contribution in [0.5, 0.6) is 0 Å². The van der Waals surface area contributed by atoms with Crippen LogP contribution in [0.15, 0.2) is 0 Å². The topological polar surface area (TPSA) is 0 Å². The van der Waals surface area contributed by atoms with Crippen molar-refractivity contribution < 1.29 is 0 Å². The molecule has 0 saturated heterocycles. The highest BCUT2D eigenvalue weighted by Gasteiger charge is 2.37. The van der Waals surface area contributed by atoms with Crippen LogP contribution in [0.4, 0.5) is 0 Å². The summed E-state index contributed by atoms with van der Waals surface area (Å²) in [5.41, 5.74) is 0. The van der Waals surface area contributed by atoms with Crippen LogP contribution < -0.4 is 0 Å². The van der Waals surface area contributed by atoms with E-state index < -0.39 is 0 Å². The van der Waals surface area contributed by atoms with Crippen molar-refractivity contribution >= 4 is 47.8 Å². The van der Waals surface area contributed by atoms with E-state index in [4.69, 9.17) is 0 Å². The van der Waals surface area contributed by atoms with Crippen molar-refractivity contribution in [2.24, 2.45) is 5.92 Å². The van der Waals surface area contributed by atoms with E-state index in [2.05, 4.69) is 75.5 Å². The first-order valence-electron chi connectivity index (χ1n) is 7.09. The normalized spacial score (nSPS) is 33.2. The first-order chi connectivity index (χ1) is 8.02. The standard InChI is InChI=1S/C15H27Br3/c1-13(2,16)8-5-9-15(4,18)12-6-10-14(3,17)11-7-12/h12H,5-11H2,1-4H3/t12?,14?,15-/m1/s1. The molecule has 0 aromatic heterocycles. The molecule has 1 fully saturated rings. The maximum atomic E-state index is 4.02. The molecule has 0 nitrogen and oxygen atoms in total. The zero-order valence-electron chi connectivity index (χ0n) is 12.2. The van der Waals surface area contributed by atoms with Crippen molar-refractivity contribution in [2.45, 2.75) is 85.6 Å². The minimum absolute atomic E-state index is 0.289. The molecule has 1 saturated carbocycles. The van der Waals surface area contributed by atoms with Crippen LogP contribution in [-0.2, 0) is 0 Å². The smallest absolute Gasteiger partial charge is 0.0258 e. The predicted molar refractivity (Wildman–Crippen MR) is 93.5 cm³/mol. The Morgan fingerprint density at radius 2 is 1.56 bits per heavy atom. The molecular weight excluding hydrogens is 420 g/mol. The number of alkyl halides is 3. The second-order valence-electron chi connectivity index (χ2n) is 7.04. The Hall–Kier alpha value is 1.44. The Kier molecular flexibility index (Phi) is 6.29. The molecular formula is C15H27Br3. The van der Waals surface area contributed by atoms with Crippen LogP contribution >= 0.6 is 47.8 Å². The van der Waals surface area contributed by atoms with Crippen LogP contribution in [0.3, 0.4) is 0 Å². The first-order valence-corrected chi connectivity index (χ1v) is 9.47. The van der Waals surface area contributed by atoms with Crippen molar-refractivity contribution in [3.63, 3.8) is 0 Å². The van der Waals surface area contributed by atoms with E-state index in [-0.39, 0.29) is 4.32 Å². The van der Waals surface area contributed by atoms with Gasteiger partial charge >= 0.3 is 0 Å². The van der Waals surface area contributed by atoms with Gasteiger partial charge in [0.25, 0.3) is 0 Å². The maximum absolute atomic E-state index is 4.02. The molecule has 0 radical (unpaired) electrons. The average molecular weight is 447 g/mol. The fourth-order valence-corrected chi connectivity index (χ4v) is 4.36. The van der Waals surface area contributed by atoms with E-state index in [0.29, 0.717) is 8.65 Å². The van der Waals surface area contributed by atoms with Gasteiger partial charge in [-0.05, 0) is 58.3 Å². The van der Waals surface area contributed by atoms with Gasteiger partial charge in [-0.3, -0.25) is 0 Å². The van der Waals surface area contributed by atoms with Crippen molar-refractivity contribution in [3.8, 4) is 0 Å². The molecule has 0 unspecified atom stereocenters. The molecule has 18 heavy (non-hydrogen) atoms. The van der Waals surface area contributed by atoms with Crippen LogP contribution in [0.25, 0.3) is 0 Å². The Morgan fingerprint density at radius 1 is 1.06 bits per heavy atom. The van der Waals surface area contributed by atoms with Gasteiger partial charge in [0.05, 0.1) is 0 Å². The lowest BCUT2D eigenvalue weighted by molar-refractivity contribution is 0.256. The summed E-state index contributed by atoms with van der Waals surface area (Å²) in [7, 11) is 0. The van der Waals surface area contributed by atoms with Crippen LogP contribution in [0, 0.1) is 5.92 Å². The van der Waals surface area contributed by atoms with E-state index >= 15 is 0 Å². The highest BCUT2D eigenvalue weighted by molar-refractivity contribution is 9.10. The van der Waals surface area contributed by atoms with Gasteiger partial charge in [0.2, 0.25) is 0 Å². The molecule has 0 bridgehead atoms. The van der Waals surface area contributed by atoms with Gasteiger partial charge in [0, 0.05) is 13.0 Å². The predicted octanol–water partition coefficient (Wildman–Crippen LogP) is 6.83. The third-order valence-electron chi connectivity index (χ3n) is 4.32. The summed E-state index contributed by atoms with van der Waals surface area (Å²) < 4.78 is 1.01. The molecule has 0 N–H and O–H groups in total. The minimum Gasteiger partial charge on any atom is -0.0859 e. The van der Waals surface area contributed by atoms with Crippen molar-refractivity contribution in [1.82, 2.24) is 0 Å². The van der Waals surface area contributed by atoms with E-state index in [1.807, 2.05) is 0 Å². The Bertz CT molecular complexity index is 253. The van der Waals surface area contributed by atoms with E-state index in [9.17, 15) is 0 Å². The quantitative estimate of drug-likeness (QED) is 0.406. The van der Waals surface area contributed by atoms with E-state index in [1.54, 1.807) is 0 Å². The van der Waals surface area contributed by atoms with Gasteiger partial charge in [-0.2, -0.15) is 0 Å². The SMILES string of the molecule is CC(C)(Br)CCC[C@@](C)(Br)C1CCC(C)(Br)CC1. The van der Waals surface area contributed by atoms with Crippen LogP contribution in [-0.4, -0.2) is 13.0 Å². The lowest BCUT2D eigenvalue weighted by atomic mass is 9.75. The summed E-state index contributed by atoms with van der Waals surface area (Å²) >= 11 is 11.6. The first kappa shape index (κ1) is 17.5. The molecule has 1 aliphatic carbocycles. The highest BCUT2D eigenvalue weighted by Crippen LogP contribution is 2.46. The molecule has 3 heteroatoms. The van der Waals surface area contributed by atoms with Gasteiger partial charge in [0.15, 0.2) is 0 Å². The van der Waals surface area contributed by atoms with Gasteiger partial charge in [0.1, 0.15) is 0 Å². The summed E-state index contributed by atoms with van der Waals surface area (Å²) in [5.74, 6) is 0.835. The molecule has 1 aliphatic rings. The highest BCUT2D eigenvalue weighted by atomic mass is 79.9. The molecule has 0 heterocycles. The molecule has 0 aromatic carbocycles. The number of hydrogen-bond donors (Lipinski definition) is 0. The van der Waals surface area contributed by atoms with E-state index in [0.717, 1.165) is 5.92 Å². The minimum atomic E-state index is 0.289. The zero-order chi connectivity index (χ0) is 14.0. The Morgan fingerprint density at radius 3 is 2.00 bits per heavy atom. The third kappa shape index (κ3) is 6.26. The van der Waals surface area contributed by atoms with Crippen molar-refractivity contribution in [2.75, 3.05) is 0 Å². The summed E-state index contributed by atoms with van der Waals surface area (Å²) in [4.78, 5) is 0. The van der Waals surface area contributed by atoms with Gasteiger partial charge in [-0.15, -0.1) is 0 Å². The average Bonchev–Trinajstić information content (AvgIpc) is 2.14. The largest absolute Gasteiger partial charge is 0.0859 e. The Labute approximate surface area is 138 Å². The number of rotatable bonds is 5.